The maximum atomic E-state index is 12.5. The lowest BCUT2D eigenvalue weighted by atomic mass is 10.1. The molecule has 3 rings (SSSR count). The molecule has 0 saturated carbocycles. The standard InChI is InChI=1S/C20H19N3O2/c1-14(23-12-11-16-5-3-4-6-17(16)13-23)20(25)22-19-9-7-18(8-10-19)21-15(2)24/h3-14H,1-2H3,(H-,21,22,24,25)/p+1/t14-/m1/s1. The van der Waals surface area contributed by atoms with Crippen molar-refractivity contribution in [2.75, 3.05) is 10.6 Å². The van der Waals surface area contributed by atoms with Crippen LogP contribution >= 0.6 is 0 Å². The molecule has 0 aliphatic heterocycles. The Kier molecular flexibility index (Phi) is 4.75. The average molecular weight is 334 g/mol. The number of hydrogen-bond donors (Lipinski definition) is 2. The molecule has 5 nitrogen and oxygen atoms in total. The number of benzene rings is 2. The molecule has 126 valence electrons. The molecule has 0 spiro atoms. The van der Waals surface area contributed by atoms with Gasteiger partial charge in [-0.1, -0.05) is 18.2 Å². The van der Waals surface area contributed by atoms with Crippen molar-refractivity contribution in [3.05, 3.63) is 67.0 Å². The molecule has 5 heteroatoms. The first kappa shape index (κ1) is 16.6. The Labute approximate surface area is 146 Å². The van der Waals surface area contributed by atoms with Crippen molar-refractivity contribution >= 4 is 34.0 Å². The highest BCUT2D eigenvalue weighted by atomic mass is 16.2. The number of carbonyl (C=O) groups excluding carboxylic acids is 2. The maximum Gasteiger partial charge on any atom is 0.293 e. The Morgan fingerprint density at radius 1 is 0.880 bits per heavy atom. The molecule has 0 fully saturated rings. The van der Waals surface area contributed by atoms with Crippen molar-refractivity contribution < 1.29 is 14.2 Å². The minimum atomic E-state index is -0.348. The average Bonchev–Trinajstić information content (AvgIpc) is 2.62. The van der Waals surface area contributed by atoms with Gasteiger partial charge in [-0.2, -0.15) is 4.57 Å². The molecule has 0 aliphatic carbocycles. The second-order valence-corrected chi connectivity index (χ2v) is 5.94. The van der Waals surface area contributed by atoms with Crippen molar-refractivity contribution in [3.8, 4) is 0 Å². The number of carbonyl (C=O) groups is 2. The third-order valence-corrected chi connectivity index (χ3v) is 4.01. The Hall–Kier alpha value is -3.21. The summed E-state index contributed by atoms with van der Waals surface area (Å²) >= 11 is 0. The number of hydrogen-bond acceptors (Lipinski definition) is 2. The first-order valence-corrected chi connectivity index (χ1v) is 8.11. The van der Waals surface area contributed by atoms with Crippen LogP contribution in [0.1, 0.15) is 19.9 Å². The fraction of sp³-hybridized carbons (Fsp3) is 0.150. The van der Waals surface area contributed by atoms with Crippen LogP contribution in [0.15, 0.2) is 67.0 Å². The van der Waals surface area contributed by atoms with Crippen LogP contribution in [0.5, 0.6) is 0 Å². The molecule has 1 aromatic heterocycles. The smallest absolute Gasteiger partial charge is 0.293 e. The highest BCUT2D eigenvalue weighted by Gasteiger charge is 2.22. The molecule has 0 unspecified atom stereocenters. The zero-order valence-electron chi connectivity index (χ0n) is 14.2. The number of amides is 2. The van der Waals surface area contributed by atoms with E-state index in [0.717, 1.165) is 10.8 Å². The van der Waals surface area contributed by atoms with Gasteiger partial charge in [0, 0.05) is 36.7 Å². The molecule has 3 aromatic rings. The zero-order valence-corrected chi connectivity index (χ0v) is 14.2. The number of fused-ring (bicyclic) bond motifs is 1. The third-order valence-electron chi connectivity index (χ3n) is 4.01. The molecule has 25 heavy (non-hydrogen) atoms. The lowest BCUT2D eigenvalue weighted by Gasteiger charge is -2.10. The van der Waals surface area contributed by atoms with Crippen LogP contribution in [0.4, 0.5) is 11.4 Å². The fourth-order valence-electron chi connectivity index (χ4n) is 2.61. The Morgan fingerprint density at radius 2 is 1.48 bits per heavy atom. The van der Waals surface area contributed by atoms with E-state index in [9.17, 15) is 9.59 Å². The van der Waals surface area contributed by atoms with Crippen LogP contribution in [-0.4, -0.2) is 11.8 Å². The highest BCUT2D eigenvalue weighted by Crippen LogP contribution is 2.15. The molecule has 0 aliphatic rings. The van der Waals surface area contributed by atoms with Gasteiger partial charge in [-0.15, -0.1) is 0 Å². The van der Waals surface area contributed by atoms with Gasteiger partial charge < -0.3 is 10.6 Å². The van der Waals surface area contributed by atoms with E-state index in [1.807, 2.05) is 54.2 Å². The summed E-state index contributed by atoms with van der Waals surface area (Å²) in [5, 5.41) is 7.82. The van der Waals surface area contributed by atoms with Gasteiger partial charge in [-0.3, -0.25) is 9.59 Å². The summed E-state index contributed by atoms with van der Waals surface area (Å²) in [5.74, 6) is -0.231. The summed E-state index contributed by atoms with van der Waals surface area (Å²) in [4.78, 5) is 23.5. The number of anilines is 2. The Balaban J connectivity index is 1.72. The lowest BCUT2D eigenvalue weighted by molar-refractivity contribution is -0.704. The minimum Gasteiger partial charge on any atom is -0.326 e. The Bertz CT molecular complexity index is 920. The first-order valence-electron chi connectivity index (χ1n) is 8.11. The predicted octanol–water partition coefficient (Wildman–Crippen LogP) is 3.29. The zero-order chi connectivity index (χ0) is 17.8. The van der Waals surface area contributed by atoms with Crippen LogP contribution < -0.4 is 15.2 Å². The van der Waals surface area contributed by atoms with Crippen molar-refractivity contribution in [1.82, 2.24) is 0 Å². The van der Waals surface area contributed by atoms with Gasteiger partial charge in [0.2, 0.25) is 11.9 Å². The molecular weight excluding hydrogens is 314 g/mol. The van der Waals surface area contributed by atoms with Gasteiger partial charge in [0.05, 0.1) is 0 Å². The van der Waals surface area contributed by atoms with Gasteiger partial charge in [-0.05, 0) is 35.7 Å². The largest absolute Gasteiger partial charge is 0.326 e. The van der Waals surface area contributed by atoms with Crippen LogP contribution in [0, 0.1) is 0 Å². The van der Waals surface area contributed by atoms with E-state index in [2.05, 4.69) is 10.6 Å². The monoisotopic (exact) mass is 334 g/mol. The SMILES string of the molecule is CC(=O)Nc1ccc(NC(=O)[C@@H](C)[n+]2ccc3ccccc3c2)cc1. The molecule has 1 heterocycles. The molecule has 1 atom stereocenters. The Morgan fingerprint density at radius 3 is 2.12 bits per heavy atom. The number of aromatic nitrogens is 1. The van der Waals surface area contributed by atoms with E-state index in [0.29, 0.717) is 11.4 Å². The van der Waals surface area contributed by atoms with E-state index < -0.39 is 0 Å². The number of pyridine rings is 1. The first-order chi connectivity index (χ1) is 12.0. The summed E-state index contributed by atoms with van der Waals surface area (Å²) in [7, 11) is 0. The van der Waals surface area contributed by atoms with Crippen molar-refractivity contribution in [2.45, 2.75) is 19.9 Å². The summed E-state index contributed by atoms with van der Waals surface area (Å²) in [5.41, 5.74) is 1.38. The summed E-state index contributed by atoms with van der Waals surface area (Å²) in [6.45, 7) is 3.31. The summed E-state index contributed by atoms with van der Waals surface area (Å²) < 4.78 is 1.89. The van der Waals surface area contributed by atoms with E-state index in [1.54, 1.807) is 24.3 Å². The number of nitrogens with zero attached hydrogens (tertiary/aromatic N) is 1. The second kappa shape index (κ2) is 7.13. The van der Waals surface area contributed by atoms with Gasteiger partial charge in [-0.25, -0.2) is 0 Å². The quantitative estimate of drug-likeness (QED) is 0.719. The predicted molar refractivity (Wildman–Crippen MR) is 98.2 cm³/mol. The minimum absolute atomic E-state index is 0.104. The van der Waals surface area contributed by atoms with E-state index in [4.69, 9.17) is 0 Å². The summed E-state index contributed by atoms with van der Waals surface area (Å²) in [6.07, 6.45) is 3.88. The van der Waals surface area contributed by atoms with Crippen LogP contribution in [0.25, 0.3) is 10.8 Å². The molecular formula is C20H20N3O2+. The van der Waals surface area contributed by atoms with Crippen LogP contribution in [0.2, 0.25) is 0 Å². The van der Waals surface area contributed by atoms with E-state index in [1.165, 1.54) is 6.92 Å². The van der Waals surface area contributed by atoms with Crippen LogP contribution in [-0.2, 0) is 9.59 Å². The molecule has 0 radical (unpaired) electrons. The van der Waals surface area contributed by atoms with Gasteiger partial charge in [0.15, 0.2) is 12.4 Å². The second-order valence-electron chi connectivity index (χ2n) is 5.94. The molecule has 0 saturated heterocycles. The van der Waals surface area contributed by atoms with Crippen molar-refractivity contribution in [1.29, 1.82) is 0 Å². The molecule has 2 N–H and O–H groups in total. The lowest BCUT2D eigenvalue weighted by Crippen LogP contribution is -2.44. The van der Waals surface area contributed by atoms with E-state index >= 15 is 0 Å². The van der Waals surface area contributed by atoms with Crippen molar-refractivity contribution in [2.24, 2.45) is 0 Å². The van der Waals surface area contributed by atoms with Gasteiger partial charge in [0.25, 0.3) is 5.91 Å². The summed E-state index contributed by atoms with van der Waals surface area (Å²) in [6, 6.07) is 16.7. The van der Waals surface area contributed by atoms with Crippen LogP contribution in [0.3, 0.4) is 0 Å². The van der Waals surface area contributed by atoms with E-state index in [-0.39, 0.29) is 17.9 Å². The third kappa shape index (κ3) is 4.01. The highest BCUT2D eigenvalue weighted by molar-refractivity contribution is 5.93. The van der Waals surface area contributed by atoms with Gasteiger partial charge >= 0.3 is 0 Å². The maximum absolute atomic E-state index is 12.5. The molecule has 2 amide bonds. The fourth-order valence-corrected chi connectivity index (χ4v) is 2.61. The normalized spacial score (nSPS) is 11.8. The molecule has 2 aromatic carbocycles. The topological polar surface area (TPSA) is 62.1 Å². The van der Waals surface area contributed by atoms with Crippen molar-refractivity contribution in [3.63, 3.8) is 0 Å². The molecule has 0 bridgehead atoms. The van der Waals surface area contributed by atoms with Gasteiger partial charge in [0.1, 0.15) is 0 Å². The number of rotatable bonds is 4. The number of nitrogens with one attached hydrogen (secondary N) is 2.